The van der Waals surface area contributed by atoms with Crippen molar-refractivity contribution in [3.63, 3.8) is 0 Å². The maximum atomic E-state index is 12.7. The van der Waals surface area contributed by atoms with Crippen LogP contribution in [0.3, 0.4) is 0 Å². The molecule has 0 fully saturated rings. The van der Waals surface area contributed by atoms with Crippen LogP contribution in [-0.2, 0) is 0 Å². The Labute approximate surface area is 160 Å². The van der Waals surface area contributed by atoms with Crippen molar-refractivity contribution < 1.29 is 14.3 Å². The van der Waals surface area contributed by atoms with Gasteiger partial charge in [0.2, 0.25) is 0 Å². The van der Waals surface area contributed by atoms with Crippen LogP contribution >= 0.6 is 22.9 Å². The Bertz CT molecular complexity index is 938. The molecule has 0 saturated carbocycles. The quantitative estimate of drug-likeness (QED) is 0.665. The average molecular weight is 389 g/mol. The van der Waals surface area contributed by atoms with E-state index in [1.54, 1.807) is 25.3 Å². The second-order valence-corrected chi connectivity index (χ2v) is 7.09. The standard InChI is InChI=1S/C19H17ClN2O3S/c1-11-17(12-4-6-13(20)7-5-12)21-19(26-11)22-18(23)15-10-14(24-2)8-9-16(15)25-3/h4-10H,1-3H3,(H,21,22,23). The van der Waals surface area contributed by atoms with Gasteiger partial charge in [-0.1, -0.05) is 23.7 Å². The minimum atomic E-state index is -0.308. The Kier molecular flexibility index (Phi) is 5.44. The van der Waals surface area contributed by atoms with Crippen LogP contribution in [0.25, 0.3) is 11.3 Å². The number of rotatable bonds is 5. The predicted molar refractivity (Wildman–Crippen MR) is 105 cm³/mol. The van der Waals surface area contributed by atoms with E-state index in [2.05, 4.69) is 10.3 Å². The summed E-state index contributed by atoms with van der Waals surface area (Å²) in [5.41, 5.74) is 2.15. The number of aromatic nitrogens is 1. The summed E-state index contributed by atoms with van der Waals surface area (Å²) in [6, 6.07) is 12.5. The van der Waals surface area contributed by atoms with Gasteiger partial charge in [0, 0.05) is 15.5 Å². The maximum Gasteiger partial charge on any atom is 0.261 e. The fourth-order valence-corrected chi connectivity index (χ4v) is 3.44. The topological polar surface area (TPSA) is 60.5 Å². The third-order valence-electron chi connectivity index (χ3n) is 3.79. The van der Waals surface area contributed by atoms with E-state index in [9.17, 15) is 4.79 Å². The highest BCUT2D eigenvalue weighted by molar-refractivity contribution is 7.16. The smallest absolute Gasteiger partial charge is 0.261 e. The van der Waals surface area contributed by atoms with Crippen LogP contribution in [0.15, 0.2) is 42.5 Å². The van der Waals surface area contributed by atoms with Crippen LogP contribution < -0.4 is 14.8 Å². The number of hydrogen-bond donors (Lipinski definition) is 1. The van der Waals surface area contributed by atoms with Gasteiger partial charge in [0.25, 0.3) is 5.91 Å². The highest BCUT2D eigenvalue weighted by Gasteiger charge is 2.17. The van der Waals surface area contributed by atoms with Crippen molar-refractivity contribution in [3.8, 4) is 22.8 Å². The van der Waals surface area contributed by atoms with Gasteiger partial charge in [-0.25, -0.2) is 4.98 Å². The summed E-state index contributed by atoms with van der Waals surface area (Å²) >= 11 is 7.35. The molecule has 0 radical (unpaired) electrons. The van der Waals surface area contributed by atoms with Gasteiger partial charge < -0.3 is 9.47 Å². The lowest BCUT2D eigenvalue weighted by Crippen LogP contribution is -2.13. The molecule has 0 spiro atoms. The first kappa shape index (κ1) is 18.2. The molecule has 0 aliphatic carbocycles. The monoisotopic (exact) mass is 388 g/mol. The SMILES string of the molecule is COc1ccc(OC)c(C(=O)Nc2nc(-c3ccc(Cl)cc3)c(C)s2)c1. The normalized spacial score (nSPS) is 10.5. The van der Waals surface area contributed by atoms with Crippen molar-refractivity contribution in [1.29, 1.82) is 0 Å². The Balaban J connectivity index is 1.87. The molecule has 5 nitrogen and oxygen atoms in total. The molecule has 134 valence electrons. The predicted octanol–water partition coefficient (Wildman–Crippen LogP) is 5.04. The van der Waals surface area contributed by atoms with Crippen LogP contribution in [-0.4, -0.2) is 25.1 Å². The van der Waals surface area contributed by atoms with Crippen molar-refractivity contribution >= 4 is 34.0 Å². The number of anilines is 1. The van der Waals surface area contributed by atoms with Gasteiger partial charge in [0.15, 0.2) is 5.13 Å². The van der Waals surface area contributed by atoms with Gasteiger partial charge in [0.1, 0.15) is 11.5 Å². The first-order valence-electron chi connectivity index (χ1n) is 7.78. The zero-order chi connectivity index (χ0) is 18.7. The van der Waals surface area contributed by atoms with E-state index in [4.69, 9.17) is 21.1 Å². The lowest BCUT2D eigenvalue weighted by molar-refractivity contribution is 0.102. The molecule has 0 aliphatic heterocycles. The molecule has 7 heteroatoms. The van der Waals surface area contributed by atoms with E-state index in [1.807, 2.05) is 31.2 Å². The average Bonchev–Trinajstić information content (AvgIpc) is 3.01. The summed E-state index contributed by atoms with van der Waals surface area (Å²) < 4.78 is 10.5. The number of aryl methyl sites for hydroxylation is 1. The zero-order valence-electron chi connectivity index (χ0n) is 14.5. The summed E-state index contributed by atoms with van der Waals surface area (Å²) in [6.45, 7) is 1.96. The number of methoxy groups -OCH3 is 2. The Morgan fingerprint density at radius 2 is 1.85 bits per heavy atom. The molecule has 1 aromatic heterocycles. The fourth-order valence-electron chi connectivity index (χ4n) is 2.48. The number of thiazole rings is 1. The Morgan fingerprint density at radius 1 is 1.12 bits per heavy atom. The maximum absolute atomic E-state index is 12.7. The first-order valence-corrected chi connectivity index (χ1v) is 8.98. The molecular formula is C19H17ClN2O3S. The van der Waals surface area contributed by atoms with E-state index in [-0.39, 0.29) is 5.91 Å². The first-order chi connectivity index (χ1) is 12.5. The second-order valence-electron chi connectivity index (χ2n) is 5.45. The zero-order valence-corrected chi connectivity index (χ0v) is 16.1. The number of benzene rings is 2. The van der Waals surface area contributed by atoms with Crippen molar-refractivity contribution in [2.45, 2.75) is 6.92 Å². The van der Waals surface area contributed by atoms with Gasteiger partial charge in [-0.2, -0.15) is 0 Å². The van der Waals surface area contributed by atoms with Crippen molar-refractivity contribution in [2.75, 3.05) is 19.5 Å². The molecule has 1 N–H and O–H groups in total. The fraction of sp³-hybridized carbons (Fsp3) is 0.158. The molecule has 3 rings (SSSR count). The number of hydrogen-bond acceptors (Lipinski definition) is 5. The van der Waals surface area contributed by atoms with Gasteiger partial charge in [-0.15, -0.1) is 11.3 Å². The van der Waals surface area contributed by atoms with Crippen LogP contribution in [0.2, 0.25) is 5.02 Å². The van der Waals surface area contributed by atoms with E-state index in [0.717, 1.165) is 16.1 Å². The number of ether oxygens (including phenoxy) is 2. The molecule has 26 heavy (non-hydrogen) atoms. The molecule has 0 atom stereocenters. The van der Waals surface area contributed by atoms with Gasteiger partial charge in [-0.3, -0.25) is 10.1 Å². The summed E-state index contributed by atoms with van der Waals surface area (Å²) in [5.74, 6) is 0.736. The van der Waals surface area contributed by atoms with Gasteiger partial charge >= 0.3 is 0 Å². The molecule has 0 bridgehead atoms. The van der Waals surface area contributed by atoms with Crippen molar-refractivity contribution in [1.82, 2.24) is 4.98 Å². The minimum absolute atomic E-state index is 0.308. The second kappa shape index (κ2) is 7.76. The molecular weight excluding hydrogens is 372 g/mol. The van der Waals surface area contributed by atoms with E-state index in [0.29, 0.717) is 27.2 Å². The molecule has 0 saturated heterocycles. The van der Waals surface area contributed by atoms with E-state index < -0.39 is 0 Å². The van der Waals surface area contributed by atoms with Gasteiger partial charge in [-0.05, 0) is 37.3 Å². The van der Waals surface area contributed by atoms with Crippen LogP contribution in [0.1, 0.15) is 15.2 Å². The molecule has 1 amide bonds. The minimum Gasteiger partial charge on any atom is -0.497 e. The molecule has 3 aromatic rings. The number of nitrogens with zero attached hydrogens (tertiary/aromatic N) is 1. The van der Waals surface area contributed by atoms with E-state index >= 15 is 0 Å². The molecule has 2 aromatic carbocycles. The lowest BCUT2D eigenvalue weighted by atomic mass is 10.1. The van der Waals surface area contributed by atoms with Gasteiger partial charge in [0.05, 0.1) is 25.5 Å². The third-order valence-corrected chi connectivity index (χ3v) is 4.92. The Morgan fingerprint density at radius 3 is 2.50 bits per heavy atom. The number of halogens is 1. The van der Waals surface area contributed by atoms with Crippen molar-refractivity contribution in [3.05, 3.63) is 57.9 Å². The molecule has 0 aliphatic rings. The highest BCUT2D eigenvalue weighted by atomic mass is 35.5. The third kappa shape index (κ3) is 3.81. The number of amides is 1. The summed E-state index contributed by atoms with van der Waals surface area (Å²) in [6.07, 6.45) is 0. The number of carbonyl (C=O) groups is 1. The van der Waals surface area contributed by atoms with E-state index in [1.165, 1.54) is 18.4 Å². The summed E-state index contributed by atoms with van der Waals surface area (Å²) in [4.78, 5) is 18.2. The van der Waals surface area contributed by atoms with Crippen LogP contribution in [0.5, 0.6) is 11.5 Å². The number of carbonyl (C=O) groups excluding carboxylic acids is 1. The van der Waals surface area contributed by atoms with Crippen molar-refractivity contribution in [2.24, 2.45) is 0 Å². The molecule has 0 unspecified atom stereocenters. The highest BCUT2D eigenvalue weighted by Crippen LogP contribution is 2.32. The Hall–Kier alpha value is -2.57. The largest absolute Gasteiger partial charge is 0.497 e. The number of nitrogens with one attached hydrogen (secondary N) is 1. The van der Waals surface area contributed by atoms with Crippen LogP contribution in [0, 0.1) is 6.92 Å². The summed E-state index contributed by atoms with van der Waals surface area (Å²) in [7, 11) is 3.07. The molecule has 1 heterocycles. The van der Waals surface area contributed by atoms with Crippen LogP contribution in [0.4, 0.5) is 5.13 Å². The lowest BCUT2D eigenvalue weighted by Gasteiger charge is -2.09. The summed E-state index contributed by atoms with van der Waals surface area (Å²) in [5, 5.41) is 4.02.